The summed E-state index contributed by atoms with van der Waals surface area (Å²) in [6.45, 7) is 1.61. The fraction of sp³-hybridized carbons (Fsp3) is 0.312. The van der Waals surface area contributed by atoms with E-state index in [-0.39, 0.29) is 18.4 Å². The van der Waals surface area contributed by atoms with Gasteiger partial charge in [-0.05, 0) is 12.5 Å². The second-order valence-electron chi connectivity index (χ2n) is 5.40. The van der Waals surface area contributed by atoms with Crippen LogP contribution >= 0.6 is 0 Å². The molecule has 1 aliphatic heterocycles. The van der Waals surface area contributed by atoms with E-state index < -0.39 is 12.1 Å². The average Bonchev–Trinajstić information content (AvgIpc) is 2.95. The second-order valence-corrected chi connectivity index (χ2v) is 5.40. The van der Waals surface area contributed by atoms with Crippen molar-refractivity contribution in [3.05, 3.63) is 47.7 Å². The highest BCUT2D eigenvalue weighted by Gasteiger charge is 2.40. The highest BCUT2D eigenvalue weighted by atomic mass is 16.5. The lowest BCUT2D eigenvalue weighted by molar-refractivity contribution is -0.160. The second kappa shape index (κ2) is 6.21. The van der Waals surface area contributed by atoms with Crippen LogP contribution in [-0.2, 0) is 14.3 Å². The van der Waals surface area contributed by atoms with Gasteiger partial charge in [0.15, 0.2) is 11.9 Å². The van der Waals surface area contributed by atoms with Gasteiger partial charge >= 0.3 is 0 Å². The number of nitrogens with one attached hydrogen (secondary N) is 1. The number of rotatable bonds is 3. The number of aromatic nitrogens is 1. The molecule has 2 atom stereocenters. The molecule has 0 bridgehead atoms. The predicted molar refractivity (Wildman–Crippen MR) is 81.6 cm³/mol. The van der Waals surface area contributed by atoms with Gasteiger partial charge in [0.2, 0.25) is 5.91 Å². The third-order valence-electron chi connectivity index (χ3n) is 3.76. The standard InChI is InChI=1S/C16H17N3O4/c1-10-8-12(18-23-10)17-16(21)15-14(11-6-4-3-5-7-11)19(2)13(20)9-22-15/h3-8,14-15H,9H2,1-2H3,(H,17,18,21)/t14-,15+/m0/s1. The van der Waals surface area contributed by atoms with Crippen LogP contribution in [0.25, 0.3) is 0 Å². The number of carbonyl (C=O) groups excluding carboxylic acids is 2. The molecule has 0 saturated carbocycles. The maximum Gasteiger partial charge on any atom is 0.257 e. The van der Waals surface area contributed by atoms with Crippen LogP contribution in [0.15, 0.2) is 40.9 Å². The lowest BCUT2D eigenvalue weighted by atomic mass is 9.97. The zero-order valence-electron chi connectivity index (χ0n) is 12.9. The lowest BCUT2D eigenvalue weighted by Gasteiger charge is -2.38. The van der Waals surface area contributed by atoms with Crippen LogP contribution in [0.5, 0.6) is 0 Å². The van der Waals surface area contributed by atoms with Crippen LogP contribution in [0, 0.1) is 6.92 Å². The monoisotopic (exact) mass is 315 g/mol. The number of ether oxygens (including phenoxy) is 1. The maximum absolute atomic E-state index is 12.6. The summed E-state index contributed by atoms with van der Waals surface area (Å²) in [6, 6.07) is 10.4. The summed E-state index contributed by atoms with van der Waals surface area (Å²) >= 11 is 0. The Kier molecular flexibility index (Phi) is 4.12. The van der Waals surface area contributed by atoms with Crippen molar-refractivity contribution in [1.82, 2.24) is 10.1 Å². The van der Waals surface area contributed by atoms with Gasteiger partial charge in [0.25, 0.3) is 5.91 Å². The summed E-state index contributed by atoms with van der Waals surface area (Å²) in [5.41, 5.74) is 0.833. The minimum atomic E-state index is -0.822. The molecule has 0 radical (unpaired) electrons. The van der Waals surface area contributed by atoms with Gasteiger partial charge in [-0.1, -0.05) is 35.5 Å². The molecule has 2 aromatic rings. The first-order valence-electron chi connectivity index (χ1n) is 7.22. The number of amides is 2. The van der Waals surface area contributed by atoms with Gasteiger partial charge in [-0.2, -0.15) is 0 Å². The topological polar surface area (TPSA) is 84.7 Å². The number of anilines is 1. The number of hydrogen-bond acceptors (Lipinski definition) is 5. The molecule has 2 heterocycles. The molecule has 1 N–H and O–H groups in total. The smallest absolute Gasteiger partial charge is 0.257 e. The van der Waals surface area contributed by atoms with Crippen molar-refractivity contribution >= 4 is 17.6 Å². The molecule has 0 aliphatic carbocycles. The largest absolute Gasteiger partial charge is 0.360 e. The van der Waals surface area contributed by atoms with Gasteiger partial charge in [-0.3, -0.25) is 9.59 Å². The number of morpholine rings is 1. The molecule has 1 aliphatic rings. The number of nitrogens with zero attached hydrogens (tertiary/aromatic N) is 2. The summed E-state index contributed by atoms with van der Waals surface area (Å²) in [4.78, 5) is 26.0. The minimum Gasteiger partial charge on any atom is -0.360 e. The molecule has 0 unspecified atom stereocenters. The summed E-state index contributed by atoms with van der Waals surface area (Å²) in [7, 11) is 1.67. The Labute approximate surface area is 133 Å². The van der Waals surface area contributed by atoms with Crippen molar-refractivity contribution in [2.75, 3.05) is 19.0 Å². The molecular weight excluding hydrogens is 298 g/mol. The molecular formula is C16H17N3O4. The highest BCUT2D eigenvalue weighted by Crippen LogP contribution is 2.29. The van der Waals surface area contributed by atoms with E-state index in [1.54, 1.807) is 20.0 Å². The van der Waals surface area contributed by atoms with Crippen molar-refractivity contribution in [2.45, 2.75) is 19.1 Å². The molecule has 0 spiro atoms. The van der Waals surface area contributed by atoms with E-state index in [1.165, 1.54) is 4.90 Å². The quantitative estimate of drug-likeness (QED) is 0.928. The van der Waals surface area contributed by atoms with E-state index in [4.69, 9.17) is 9.26 Å². The van der Waals surface area contributed by atoms with Crippen molar-refractivity contribution in [3.8, 4) is 0 Å². The fourth-order valence-electron chi connectivity index (χ4n) is 2.60. The fourth-order valence-corrected chi connectivity index (χ4v) is 2.60. The highest BCUT2D eigenvalue weighted by molar-refractivity contribution is 5.95. The number of likely N-dealkylation sites (N-methyl/N-ethyl adjacent to an activating group) is 1. The van der Waals surface area contributed by atoms with E-state index in [9.17, 15) is 9.59 Å². The van der Waals surface area contributed by atoms with Gasteiger partial charge in [0, 0.05) is 13.1 Å². The van der Waals surface area contributed by atoms with E-state index in [1.807, 2.05) is 30.3 Å². The van der Waals surface area contributed by atoms with Crippen LogP contribution in [0.4, 0.5) is 5.82 Å². The van der Waals surface area contributed by atoms with E-state index in [2.05, 4.69) is 10.5 Å². The first-order valence-corrected chi connectivity index (χ1v) is 7.22. The van der Waals surface area contributed by atoms with E-state index in [0.717, 1.165) is 5.56 Å². The zero-order chi connectivity index (χ0) is 16.4. The van der Waals surface area contributed by atoms with Crippen LogP contribution in [0.3, 0.4) is 0 Å². The molecule has 120 valence electrons. The molecule has 23 heavy (non-hydrogen) atoms. The van der Waals surface area contributed by atoms with Gasteiger partial charge in [-0.15, -0.1) is 0 Å². The number of benzene rings is 1. The van der Waals surface area contributed by atoms with Crippen molar-refractivity contribution < 1.29 is 18.8 Å². The Morgan fingerprint density at radius 3 is 2.74 bits per heavy atom. The molecule has 1 fully saturated rings. The van der Waals surface area contributed by atoms with Gasteiger partial charge in [-0.25, -0.2) is 0 Å². The summed E-state index contributed by atoms with van der Waals surface area (Å²) in [5.74, 6) is 0.380. The van der Waals surface area contributed by atoms with E-state index >= 15 is 0 Å². The van der Waals surface area contributed by atoms with Gasteiger partial charge in [0.1, 0.15) is 12.4 Å². The molecule has 3 rings (SSSR count). The molecule has 2 amide bonds. The third kappa shape index (κ3) is 3.09. The lowest BCUT2D eigenvalue weighted by Crippen LogP contribution is -2.51. The SMILES string of the molecule is Cc1cc(NC(=O)[C@@H]2OCC(=O)N(C)[C@H]2c2ccccc2)no1. The Morgan fingerprint density at radius 2 is 2.09 bits per heavy atom. The predicted octanol–water partition coefficient (Wildman–Crippen LogP) is 1.52. The van der Waals surface area contributed by atoms with Crippen LogP contribution in [0.1, 0.15) is 17.4 Å². The van der Waals surface area contributed by atoms with E-state index in [0.29, 0.717) is 11.6 Å². The zero-order valence-corrected chi connectivity index (χ0v) is 12.9. The first-order chi connectivity index (χ1) is 11.1. The average molecular weight is 315 g/mol. The van der Waals surface area contributed by atoms with Crippen LogP contribution in [0.2, 0.25) is 0 Å². The Balaban J connectivity index is 1.85. The van der Waals surface area contributed by atoms with Gasteiger partial charge in [0.05, 0.1) is 6.04 Å². The van der Waals surface area contributed by atoms with Crippen molar-refractivity contribution in [2.24, 2.45) is 0 Å². The van der Waals surface area contributed by atoms with Gasteiger partial charge < -0.3 is 19.5 Å². The molecule has 7 nitrogen and oxygen atoms in total. The normalized spacial score (nSPS) is 21.3. The Bertz CT molecular complexity index is 713. The Hall–Kier alpha value is -2.67. The molecule has 1 aromatic carbocycles. The number of carbonyl (C=O) groups is 2. The minimum absolute atomic E-state index is 0.129. The first kappa shape index (κ1) is 15.2. The Morgan fingerprint density at radius 1 is 1.35 bits per heavy atom. The molecule has 1 aromatic heterocycles. The van der Waals surface area contributed by atoms with Crippen LogP contribution in [-0.4, -0.2) is 41.6 Å². The third-order valence-corrected chi connectivity index (χ3v) is 3.76. The summed E-state index contributed by atoms with van der Waals surface area (Å²) < 4.78 is 10.4. The van der Waals surface area contributed by atoms with Crippen molar-refractivity contribution in [1.29, 1.82) is 0 Å². The maximum atomic E-state index is 12.6. The van der Waals surface area contributed by atoms with Crippen molar-refractivity contribution in [3.63, 3.8) is 0 Å². The summed E-state index contributed by atoms with van der Waals surface area (Å²) in [6.07, 6.45) is -0.822. The summed E-state index contributed by atoms with van der Waals surface area (Å²) in [5, 5.41) is 6.40. The molecule has 7 heteroatoms. The number of hydrogen-bond donors (Lipinski definition) is 1. The number of aryl methyl sites for hydroxylation is 1. The van der Waals surface area contributed by atoms with Crippen LogP contribution < -0.4 is 5.32 Å². The molecule has 1 saturated heterocycles.